The Morgan fingerprint density at radius 2 is 1.42 bits per heavy atom. The summed E-state index contributed by atoms with van der Waals surface area (Å²) < 4.78 is 22.0. The molecule has 0 atom stereocenters. The van der Waals surface area contributed by atoms with E-state index in [0.29, 0.717) is 27.3 Å². The number of fused-ring (bicyclic) bond motifs is 1. The Morgan fingerprint density at radius 1 is 0.875 bits per heavy atom. The van der Waals surface area contributed by atoms with Crippen LogP contribution in [0, 0.1) is 5.41 Å². The van der Waals surface area contributed by atoms with Gasteiger partial charge in [0.1, 0.15) is 0 Å². The van der Waals surface area contributed by atoms with Crippen LogP contribution >= 0.6 is 11.6 Å². The molecule has 2 rings (SSSR count). The van der Waals surface area contributed by atoms with E-state index in [9.17, 15) is 4.79 Å². The summed E-state index contributed by atoms with van der Waals surface area (Å²) in [5, 5.41) is 1.82. The zero-order valence-electron chi connectivity index (χ0n) is 14.7. The standard InChI is InChI=1S/C18H21ClO5/c1-18(2,3)17(20)24-14-12-9-10(19)7-8-11(12)13(21-4)15(22-5)16(14)23-6/h7-9H,1-6H3. The molecular formula is C18H21ClO5. The molecule has 0 aliphatic carbocycles. The first-order chi connectivity index (χ1) is 11.2. The molecule has 0 saturated heterocycles. The van der Waals surface area contributed by atoms with Gasteiger partial charge in [-0.15, -0.1) is 0 Å². The lowest BCUT2D eigenvalue weighted by atomic mass is 9.97. The normalized spacial score (nSPS) is 11.3. The van der Waals surface area contributed by atoms with Crippen LogP contribution in [0.2, 0.25) is 5.02 Å². The number of hydrogen-bond donors (Lipinski definition) is 0. The van der Waals surface area contributed by atoms with Crippen molar-refractivity contribution in [2.45, 2.75) is 20.8 Å². The van der Waals surface area contributed by atoms with Gasteiger partial charge in [0.2, 0.25) is 11.5 Å². The number of esters is 1. The van der Waals surface area contributed by atoms with E-state index in [1.54, 1.807) is 39.0 Å². The molecule has 0 bridgehead atoms. The molecule has 0 aliphatic rings. The van der Waals surface area contributed by atoms with Crippen LogP contribution in [0.3, 0.4) is 0 Å². The zero-order chi connectivity index (χ0) is 18.1. The number of halogens is 1. The van der Waals surface area contributed by atoms with Crippen LogP contribution in [0.15, 0.2) is 18.2 Å². The van der Waals surface area contributed by atoms with Gasteiger partial charge in [0.25, 0.3) is 0 Å². The van der Waals surface area contributed by atoms with Gasteiger partial charge in [0.05, 0.1) is 26.7 Å². The first kappa shape index (κ1) is 18.2. The average Bonchev–Trinajstić information content (AvgIpc) is 2.53. The van der Waals surface area contributed by atoms with Gasteiger partial charge in [-0.3, -0.25) is 4.79 Å². The van der Waals surface area contributed by atoms with Crippen LogP contribution in [-0.2, 0) is 4.79 Å². The van der Waals surface area contributed by atoms with Crippen LogP contribution in [0.4, 0.5) is 0 Å². The minimum absolute atomic E-state index is 0.257. The number of ether oxygens (including phenoxy) is 4. The van der Waals surface area contributed by atoms with Crippen molar-refractivity contribution < 1.29 is 23.7 Å². The highest BCUT2D eigenvalue weighted by Gasteiger charge is 2.29. The fourth-order valence-corrected chi connectivity index (χ4v) is 2.45. The highest BCUT2D eigenvalue weighted by Crippen LogP contribution is 2.51. The number of carbonyl (C=O) groups is 1. The molecule has 0 aliphatic heterocycles. The maximum atomic E-state index is 12.4. The molecule has 0 aromatic heterocycles. The SMILES string of the molecule is COc1c(OC)c(OC(=O)C(C)(C)C)c2cc(Cl)ccc2c1OC. The molecule has 2 aromatic carbocycles. The Labute approximate surface area is 146 Å². The highest BCUT2D eigenvalue weighted by atomic mass is 35.5. The Balaban J connectivity index is 2.84. The molecule has 0 radical (unpaired) electrons. The third kappa shape index (κ3) is 3.22. The van der Waals surface area contributed by atoms with Crippen molar-refractivity contribution in [3.8, 4) is 23.0 Å². The Morgan fingerprint density at radius 3 is 1.92 bits per heavy atom. The summed E-state index contributed by atoms with van der Waals surface area (Å²) in [7, 11) is 4.51. The van der Waals surface area contributed by atoms with E-state index < -0.39 is 11.4 Å². The molecule has 0 unspecified atom stereocenters. The van der Waals surface area contributed by atoms with E-state index in [4.69, 9.17) is 30.5 Å². The summed E-state index contributed by atoms with van der Waals surface area (Å²) in [5.74, 6) is 0.978. The van der Waals surface area contributed by atoms with Crippen LogP contribution in [0.5, 0.6) is 23.0 Å². The van der Waals surface area contributed by atoms with E-state index in [-0.39, 0.29) is 11.5 Å². The largest absolute Gasteiger partial charge is 0.492 e. The number of hydrogen-bond acceptors (Lipinski definition) is 5. The van der Waals surface area contributed by atoms with E-state index in [1.807, 2.05) is 0 Å². The Kier molecular flexibility index (Phi) is 5.13. The summed E-state index contributed by atoms with van der Waals surface area (Å²) >= 11 is 6.13. The van der Waals surface area contributed by atoms with Crippen molar-refractivity contribution in [2.75, 3.05) is 21.3 Å². The maximum absolute atomic E-state index is 12.4. The number of rotatable bonds is 4. The van der Waals surface area contributed by atoms with Crippen molar-refractivity contribution >= 4 is 28.3 Å². The fraction of sp³-hybridized carbons (Fsp3) is 0.389. The molecule has 6 heteroatoms. The molecule has 0 N–H and O–H groups in total. The van der Waals surface area contributed by atoms with Crippen molar-refractivity contribution in [3.63, 3.8) is 0 Å². The molecule has 130 valence electrons. The first-order valence-electron chi connectivity index (χ1n) is 7.38. The van der Waals surface area contributed by atoms with Gasteiger partial charge >= 0.3 is 5.97 Å². The molecule has 0 spiro atoms. The quantitative estimate of drug-likeness (QED) is 0.600. The predicted octanol–water partition coefficient (Wildman–Crippen LogP) is 4.47. The summed E-state index contributed by atoms with van der Waals surface area (Å²) in [4.78, 5) is 12.4. The second-order valence-corrected chi connectivity index (χ2v) is 6.69. The summed E-state index contributed by atoms with van der Waals surface area (Å²) in [6, 6.07) is 5.22. The summed E-state index contributed by atoms with van der Waals surface area (Å²) in [6.07, 6.45) is 0. The van der Waals surface area contributed by atoms with Crippen molar-refractivity contribution in [1.29, 1.82) is 0 Å². The third-order valence-electron chi connectivity index (χ3n) is 3.51. The number of methoxy groups -OCH3 is 3. The Bertz CT molecular complexity index is 777. The molecule has 0 heterocycles. The molecule has 5 nitrogen and oxygen atoms in total. The van der Waals surface area contributed by atoms with Gasteiger partial charge in [0.15, 0.2) is 11.5 Å². The van der Waals surface area contributed by atoms with Gasteiger partial charge in [-0.2, -0.15) is 0 Å². The topological polar surface area (TPSA) is 54.0 Å². The zero-order valence-corrected chi connectivity index (χ0v) is 15.4. The van der Waals surface area contributed by atoms with Crippen LogP contribution in [0.25, 0.3) is 10.8 Å². The van der Waals surface area contributed by atoms with Gasteiger partial charge in [0, 0.05) is 15.8 Å². The second kappa shape index (κ2) is 6.77. The monoisotopic (exact) mass is 352 g/mol. The van der Waals surface area contributed by atoms with Crippen molar-refractivity contribution in [2.24, 2.45) is 5.41 Å². The number of carbonyl (C=O) groups excluding carboxylic acids is 1. The van der Waals surface area contributed by atoms with E-state index in [0.717, 1.165) is 0 Å². The molecule has 0 fully saturated rings. The lowest BCUT2D eigenvalue weighted by molar-refractivity contribution is -0.143. The van der Waals surface area contributed by atoms with Gasteiger partial charge in [-0.05, 0) is 39.0 Å². The van der Waals surface area contributed by atoms with Crippen LogP contribution in [-0.4, -0.2) is 27.3 Å². The molecule has 2 aromatic rings. The molecule has 0 saturated carbocycles. The van der Waals surface area contributed by atoms with Gasteiger partial charge in [-0.1, -0.05) is 11.6 Å². The lowest BCUT2D eigenvalue weighted by Crippen LogP contribution is -2.26. The third-order valence-corrected chi connectivity index (χ3v) is 3.74. The molecular weight excluding hydrogens is 332 g/mol. The maximum Gasteiger partial charge on any atom is 0.316 e. The van der Waals surface area contributed by atoms with E-state index in [2.05, 4.69) is 0 Å². The first-order valence-corrected chi connectivity index (χ1v) is 7.75. The summed E-state index contributed by atoms with van der Waals surface area (Å²) in [6.45, 7) is 5.33. The van der Waals surface area contributed by atoms with E-state index in [1.165, 1.54) is 21.3 Å². The lowest BCUT2D eigenvalue weighted by Gasteiger charge is -2.22. The summed E-state index contributed by atoms with van der Waals surface area (Å²) in [5.41, 5.74) is -0.678. The average molecular weight is 353 g/mol. The predicted molar refractivity (Wildman–Crippen MR) is 93.7 cm³/mol. The van der Waals surface area contributed by atoms with Gasteiger partial charge < -0.3 is 18.9 Å². The minimum Gasteiger partial charge on any atom is -0.492 e. The van der Waals surface area contributed by atoms with Gasteiger partial charge in [-0.25, -0.2) is 0 Å². The van der Waals surface area contributed by atoms with E-state index >= 15 is 0 Å². The van der Waals surface area contributed by atoms with Crippen molar-refractivity contribution in [3.05, 3.63) is 23.2 Å². The molecule has 24 heavy (non-hydrogen) atoms. The smallest absolute Gasteiger partial charge is 0.316 e. The Hall–Kier alpha value is -2.14. The minimum atomic E-state index is -0.678. The second-order valence-electron chi connectivity index (χ2n) is 6.26. The molecule has 0 amide bonds. The van der Waals surface area contributed by atoms with Crippen LogP contribution < -0.4 is 18.9 Å². The fourth-order valence-electron chi connectivity index (χ4n) is 2.27. The van der Waals surface area contributed by atoms with Crippen molar-refractivity contribution in [1.82, 2.24) is 0 Å². The highest BCUT2D eigenvalue weighted by molar-refractivity contribution is 6.31. The van der Waals surface area contributed by atoms with Crippen LogP contribution in [0.1, 0.15) is 20.8 Å². The number of benzene rings is 2.